The Labute approximate surface area is 165 Å². The maximum atomic E-state index is 12.2. The quantitative estimate of drug-likeness (QED) is 0.350. The highest BCUT2D eigenvalue weighted by Gasteiger charge is 2.13. The van der Waals surface area contributed by atoms with Gasteiger partial charge < -0.3 is 9.73 Å². The Morgan fingerprint density at radius 2 is 1.82 bits per heavy atom. The van der Waals surface area contributed by atoms with E-state index in [2.05, 4.69) is 16.2 Å². The molecule has 9 heteroatoms. The van der Waals surface area contributed by atoms with E-state index in [1.165, 1.54) is 18.2 Å². The molecule has 1 heterocycles. The third-order valence-corrected chi connectivity index (χ3v) is 3.96. The minimum Gasteiger partial charge on any atom is -0.451 e. The Bertz CT molecular complexity index is 1030. The highest BCUT2D eigenvalue weighted by molar-refractivity contribution is 7.80. The summed E-state index contributed by atoms with van der Waals surface area (Å²) in [7, 11) is 0. The summed E-state index contributed by atoms with van der Waals surface area (Å²) in [5, 5.41) is 13.9. The number of anilines is 1. The van der Waals surface area contributed by atoms with Crippen LogP contribution in [0.25, 0.3) is 11.3 Å². The number of benzene rings is 2. The van der Waals surface area contributed by atoms with Gasteiger partial charge in [0.15, 0.2) is 10.9 Å². The van der Waals surface area contributed by atoms with Crippen molar-refractivity contribution in [2.24, 2.45) is 0 Å². The lowest BCUT2D eigenvalue weighted by Crippen LogP contribution is -2.43. The first kappa shape index (κ1) is 19.1. The number of nitro benzene ring substituents is 1. The highest BCUT2D eigenvalue weighted by Crippen LogP contribution is 2.24. The largest absolute Gasteiger partial charge is 0.451 e. The summed E-state index contributed by atoms with van der Waals surface area (Å²) in [6.45, 7) is 1.96. The number of nitrogens with one attached hydrogen (secondary N) is 3. The standard InChI is InChI=1S/C19H16N4O4S/c1-12-3-2-4-14(11-12)20-19(28)22-21-18(24)17-10-9-16(27-17)13-5-7-15(8-6-13)23(25)26/h2-11H,1H3,(H,21,24)(H2,20,22,28). The summed E-state index contributed by atoms with van der Waals surface area (Å²) in [6.07, 6.45) is 0. The summed E-state index contributed by atoms with van der Waals surface area (Å²) in [4.78, 5) is 22.4. The minimum atomic E-state index is -0.512. The number of furan rings is 1. The number of hydrogen-bond donors (Lipinski definition) is 3. The van der Waals surface area contributed by atoms with Crippen LogP contribution in [0, 0.1) is 17.0 Å². The molecule has 0 saturated carbocycles. The lowest BCUT2D eigenvalue weighted by Gasteiger charge is -2.11. The van der Waals surface area contributed by atoms with E-state index in [1.54, 1.807) is 18.2 Å². The smallest absolute Gasteiger partial charge is 0.305 e. The number of carbonyl (C=O) groups excluding carboxylic acids is 1. The molecule has 28 heavy (non-hydrogen) atoms. The second kappa shape index (κ2) is 8.31. The molecule has 0 atom stereocenters. The molecule has 8 nitrogen and oxygen atoms in total. The zero-order valence-electron chi connectivity index (χ0n) is 14.8. The average molecular weight is 396 g/mol. The normalized spacial score (nSPS) is 10.2. The third kappa shape index (κ3) is 4.71. The van der Waals surface area contributed by atoms with Crippen molar-refractivity contribution in [1.29, 1.82) is 0 Å². The van der Waals surface area contributed by atoms with Gasteiger partial charge >= 0.3 is 5.91 Å². The maximum absolute atomic E-state index is 12.2. The molecule has 0 aliphatic carbocycles. The van der Waals surface area contributed by atoms with E-state index in [0.717, 1.165) is 11.3 Å². The minimum absolute atomic E-state index is 0.0212. The van der Waals surface area contributed by atoms with Crippen molar-refractivity contribution in [3.8, 4) is 11.3 Å². The Morgan fingerprint density at radius 1 is 1.07 bits per heavy atom. The number of hydrogen-bond acceptors (Lipinski definition) is 5. The SMILES string of the molecule is Cc1cccc(NC(=S)NNC(=O)c2ccc(-c3ccc([N+](=O)[O-])cc3)o2)c1. The fourth-order valence-electron chi connectivity index (χ4n) is 2.42. The molecule has 2 aromatic carbocycles. The van der Waals surface area contributed by atoms with Crippen LogP contribution in [0.15, 0.2) is 65.1 Å². The van der Waals surface area contributed by atoms with Crippen LogP contribution in [-0.2, 0) is 0 Å². The molecule has 0 bridgehead atoms. The van der Waals surface area contributed by atoms with Crippen molar-refractivity contribution in [3.63, 3.8) is 0 Å². The van der Waals surface area contributed by atoms with Crippen LogP contribution in [-0.4, -0.2) is 15.9 Å². The highest BCUT2D eigenvalue weighted by atomic mass is 32.1. The van der Waals surface area contributed by atoms with E-state index in [1.807, 2.05) is 31.2 Å². The van der Waals surface area contributed by atoms with E-state index in [9.17, 15) is 14.9 Å². The first-order valence-corrected chi connectivity index (χ1v) is 8.62. The Morgan fingerprint density at radius 3 is 2.50 bits per heavy atom. The number of rotatable bonds is 4. The molecule has 0 unspecified atom stereocenters. The van der Waals surface area contributed by atoms with Gasteiger partial charge in [-0.2, -0.15) is 0 Å². The summed E-state index contributed by atoms with van der Waals surface area (Å²) in [6, 6.07) is 16.6. The van der Waals surface area contributed by atoms with Gasteiger partial charge in [-0.25, -0.2) is 0 Å². The molecule has 1 amide bonds. The van der Waals surface area contributed by atoms with Gasteiger partial charge in [0, 0.05) is 23.4 Å². The summed E-state index contributed by atoms with van der Waals surface area (Å²) in [5.74, 6) is -0.0266. The molecule has 3 N–H and O–H groups in total. The van der Waals surface area contributed by atoms with Crippen LogP contribution in [0.2, 0.25) is 0 Å². The van der Waals surface area contributed by atoms with Crippen LogP contribution in [0.1, 0.15) is 16.1 Å². The van der Waals surface area contributed by atoms with Crippen molar-refractivity contribution in [2.75, 3.05) is 5.32 Å². The second-order valence-corrected chi connectivity index (χ2v) is 6.28. The van der Waals surface area contributed by atoms with E-state index in [4.69, 9.17) is 16.6 Å². The van der Waals surface area contributed by atoms with E-state index < -0.39 is 10.8 Å². The molecule has 1 aromatic heterocycles. The molecule has 0 aliphatic rings. The Hall–Kier alpha value is -3.72. The number of carbonyl (C=O) groups is 1. The van der Waals surface area contributed by atoms with Crippen molar-refractivity contribution < 1.29 is 14.1 Å². The van der Waals surface area contributed by atoms with Gasteiger partial charge in [0.25, 0.3) is 5.69 Å². The van der Waals surface area contributed by atoms with Crippen molar-refractivity contribution in [3.05, 3.63) is 82.1 Å². The molecule has 0 fully saturated rings. The van der Waals surface area contributed by atoms with Crippen molar-refractivity contribution in [1.82, 2.24) is 10.9 Å². The topological polar surface area (TPSA) is 109 Å². The van der Waals surface area contributed by atoms with Crippen molar-refractivity contribution in [2.45, 2.75) is 6.92 Å². The number of nitro groups is 1. The number of non-ortho nitro benzene ring substituents is 1. The van der Waals surface area contributed by atoms with Gasteiger partial charge in [-0.3, -0.25) is 25.8 Å². The van der Waals surface area contributed by atoms with Gasteiger partial charge in [-0.05, 0) is 61.1 Å². The van der Waals surface area contributed by atoms with Crippen LogP contribution in [0.5, 0.6) is 0 Å². The fourth-order valence-corrected chi connectivity index (χ4v) is 2.59. The number of aryl methyl sites for hydroxylation is 1. The Balaban J connectivity index is 1.58. The van der Waals surface area contributed by atoms with E-state index in [0.29, 0.717) is 11.3 Å². The van der Waals surface area contributed by atoms with Crippen LogP contribution in [0.3, 0.4) is 0 Å². The first-order chi connectivity index (χ1) is 13.4. The van der Waals surface area contributed by atoms with Gasteiger partial charge in [-0.15, -0.1) is 0 Å². The molecular formula is C19H16N4O4S. The first-order valence-electron chi connectivity index (χ1n) is 8.21. The van der Waals surface area contributed by atoms with Crippen molar-refractivity contribution >= 4 is 34.6 Å². The molecule has 3 rings (SSSR count). The lowest BCUT2D eigenvalue weighted by atomic mass is 10.1. The maximum Gasteiger partial charge on any atom is 0.305 e. The van der Waals surface area contributed by atoms with Gasteiger partial charge in [0.1, 0.15) is 5.76 Å². The molecule has 142 valence electrons. The van der Waals surface area contributed by atoms with Crippen LogP contribution in [0.4, 0.5) is 11.4 Å². The monoisotopic (exact) mass is 396 g/mol. The van der Waals surface area contributed by atoms with Gasteiger partial charge in [0.2, 0.25) is 0 Å². The number of thiocarbonyl (C=S) groups is 1. The zero-order valence-corrected chi connectivity index (χ0v) is 15.6. The summed E-state index contributed by atoms with van der Waals surface area (Å²) < 4.78 is 5.51. The molecule has 3 aromatic rings. The van der Waals surface area contributed by atoms with E-state index >= 15 is 0 Å². The lowest BCUT2D eigenvalue weighted by molar-refractivity contribution is -0.384. The molecule has 0 saturated heterocycles. The molecule has 0 radical (unpaired) electrons. The van der Waals surface area contributed by atoms with E-state index in [-0.39, 0.29) is 16.6 Å². The summed E-state index contributed by atoms with van der Waals surface area (Å²) >= 11 is 5.14. The molecular weight excluding hydrogens is 380 g/mol. The predicted molar refractivity (Wildman–Crippen MR) is 109 cm³/mol. The second-order valence-electron chi connectivity index (χ2n) is 5.87. The molecule has 0 spiro atoms. The number of hydrazine groups is 1. The number of nitrogens with zero attached hydrogens (tertiary/aromatic N) is 1. The summed E-state index contributed by atoms with van der Waals surface area (Å²) in [5.41, 5.74) is 7.52. The van der Waals surface area contributed by atoms with Gasteiger partial charge in [0.05, 0.1) is 4.92 Å². The van der Waals surface area contributed by atoms with Crippen LogP contribution >= 0.6 is 12.2 Å². The Kier molecular flexibility index (Phi) is 5.66. The predicted octanol–water partition coefficient (Wildman–Crippen LogP) is 3.79. The van der Waals surface area contributed by atoms with Gasteiger partial charge in [-0.1, -0.05) is 12.1 Å². The zero-order chi connectivity index (χ0) is 20.1. The molecule has 0 aliphatic heterocycles. The van der Waals surface area contributed by atoms with Crippen LogP contribution < -0.4 is 16.2 Å². The fraction of sp³-hybridized carbons (Fsp3) is 0.0526. The average Bonchev–Trinajstić information content (AvgIpc) is 3.16. The third-order valence-electron chi connectivity index (χ3n) is 3.76. The number of amides is 1.